The lowest BCUT2D eigenvalue weighted by atomic mass is 10.3. The van der Waals surface area contributed by atoms with Crippen LogP contribution in [0.3, 0.4) is 0 Å². The second-order valence-electron chi connectivity index (χ2n) is 3.29. The Labute approximate surface area is 93.6 Å². The second kappa shape index (κ2) is 4.64. The summed E-state index contributed by atoms with van der Waals surface area (Å²) in [5.74, 6) is 1.33. The molecule has 0 atom stereocenters. The summed E-state index contributed by atoms with van der Waals surface area (Å²) in [6, 6.07) is 8.03. The molecule has 1 heterocycles. The lowest BCUT2D eigenvalue weighted by molar-refractivity contribution is 0.187. The van der Waals surface area contributed by atoms with E-state index in [-0.39, 0.29) is 0 Å². The van der Waals surface area contributed by atoms with Gasteiger partial charge >= 0.3 is 0 Å². The van der Waals surface area contributed by atoms with Crippen molar-refractivity contribution >= 4 is 22.6 Å². The number of fused-ring (bicyclic) bond motifs is 1. The molecule has 0 aliphatic heterocycles. The predicted octanol–water partition coefficient (Wildman–Crippen LogP) is 2.42. The minimum Gasteiger partial charge on any atom is -0.383 e. The summed E-state index contributed by atoms with van der Waals surface area (Å²) in [6.45, 7) is 1.46. The fraction of sp³-hybridized carbons (Fsp3) is 0.364. The molecule has 80 valence electrons. The third-order valence-electron chi connectivity index (χ3n) is 2.37. The van der Waals surface area contributed by atoms with Crippen LogP contribution in [-0.2, 0) is 17.2 Å². The van der Waals surface area contributed by atoms with E-state index in [0.717, 1.165) is 23.4 Å². The topological polar surface area (TPSA) is 27.1 Å². The van der Waals surface area contributed by atoms with Crippen molar-refractivity contribution in [3.63, 3.8) is 0 Å². The summed E-state index contributed by atoms with van der Waals surface area (Å²) in [5, 5.41) is 0. The zero-order chi connectivity index (χ0) is 10.7. The number of hydrogen-bond donors (Lipinski definition) is 0. The summed E-state index contributed by atoms with van der Waals surface area (Å²) in [4.78, 5) is 4.46. The van der Waals surface area contributed by atoms with Gasteiger partial charge in [-0.1, -0.05) is 12.1 Å². The molecule has 0 aliphatic carbocycles. The molecule has 0 spiro atoms. The summed E-state index contributed by atoms with van der Waals surface area (Å²) in [7, 11) is 1.69. The maximum absolute atomic E-state index is 5.86. The first-order valence-electron chi connectivity index (χ1n) is 4.86. The van der Waals surface area contributed by atoms with Crippen LogP contribution in [0.1, 0.15) is 5.82 Å². The van der Waals surface area contributed by atoms with Gasteiger partial charge in [-0.05, 0) is 12.1 Å². The van der Waals surface area contributed by atoms with Gasteiger partial charge in [0.25, 0.3) is 0 Å². The van der Waals surface area contributed by atoms with Crippen LogP contribution in [0.25, 0.3) is 11.0 Å². The summed E-state index contributed by atoms with van der Waals surface area (Å²) < 4.78 is 7.17. The number of imidazole rings is 1. The molecule has 0 radical (unpaired) electrons. The van der Waals surface area contributed by atoms with Gasteiger partial charge < -0.3 is 9.30 Å². The fourth-order valence-electron chi connectivity index (χ4n) is 1.66. The molecular weight excluding hydrogens is 212 g/mol. The zero-order valence-electron chi connectivity index (χ0n) is 8.61. The Morgan fingerprint density at radius 1 is 1.40 bits per heavy atom. The van der Waals surface area contributed by atoms with Gasteiger partial charge in [-0.25, -0.2) is 4.98 Å². The van der Waals surface area contributed by atoms with Crippen molar-refractivity contribution in [3.05, 3.63) is 30.1 Å². The first-order valence-corrected chi connectivity index (χ1v) is 5.39. The quantitative estimate of drug-likeness (QED) is 0.746. The fourth-order valence-corrected chi connectivity index (χ4v) is 1.86. The highest BCUT2D eigenvalue weighted by Crippen LogP contribution is 2.16. The van der Waals surface area contributed by atoms with Gasteiger partial charge in [-0.15, -0.1) is 11.6 Å². The first-order chi connectivity index (χ1) is 7.36. The average molecular weight is 225 g/mol. The number of ether oxygens (including phenoxy) is 1. The highest BCUT2D eigenvalue weighted by Gasteiger charge is 2.08. The van der Waals surface area contributed by atoms with E-state index in [1.54, 1.807) is 7.11 Å². The largest absolute Gasteiger partial charge is 0.383 e. The van der Waals surface area contributed by atoms with Crippen molar-refractivity contribution in [2.75, 3.05) is 13.7 Å². The molecule has 0 saturated carbocycles. The van der Waals surface area contributed by atoms with E-state index in [1.807, 2.05) is 24.3 Å². The molecule has 0 N–H and O–H groups in total. The Balaban J connectivity index is 2.47. The molecule has 2 aromatic rings. The minimum absolute atomic E-state index is 0.429. The summed E-state index contributed by atoms with van der Waals surface area (Å²) in [6.07, 6.45) is 0. The van der Waals surface area contributed by atoms with Gasteiger partial charge in [-0.3, -0.25) is 0 Å². The number of hydrogen-bond acceptors (Lipinski definition) is 2. The van der Waals surface area contributed by atoms with Crippen LogP contribution < -0.4 is 0 Å². The average Bonchev–Trinajstić information content (AvgIpc) is 2.64. The Kier molecular flexibility index (Phi) is 3.23. The van der Waals surface area contributed by atoms with Crippen molar-refractivity contribution in [3.8, 4) is 0 Å². The number of nitrogens with zero attached hydrogens (tertiary/aromatic N) is 2. The molecule has 3 nitrogen and oxygen atoms in total. The Morgan fingerprint density at radius 2 is 2.20 bits per heavy atom. The maximum atomic E-state index is 5.86. The molecule has 4 heteroatoms. The number of para-hydroxylation sites is 2. The highest BCUT2D eigenvalue weighted by molar-refractivity contribution is 6.16. The lowest BCUT2D eigenvalue weighted by Gasteiger charge is -2.06. The van der Waals surface area contributed by atoms with Gasteiger partial charge in [0.2, 0.25) is 0 Å². The van der Waals surface area contributed by atoms with E-state index in [1.165, 1.54) is 0 Å². The predicted molar refractivity (Wildman–Crippen MR) is 61.2 cm³/mol. The van der Waals surface area contributed by atoms with Crippen LogP contribution in [0.5, 0.6) is 0 Å². The molecule has 1 aromatic heterocycles. The number of alkyl halides is 1. The van der Waals surface area contributed by atoms with Gasteiger partial charge in [0.05, 0.1) is 23.5 Å². The van der Waals surface area contributed by atoms with Gasteiger partial charge in [0, 0.05) is 13.7 Å². The number of halogens is 1. The molecule has 2 rings (SSSR count). The first kappa shape index (κ1) is 10.5. The molecule has 0 saturated heterocycles. The van der Waals surface area contributed by atoms with E-state index in [0.29, 0.717) is 12.5 Å². The summed E-state index contributed by atoms with van der Waals surface area (Å²) in [5.41, 5.74) is 2.11. The van der Waals surface area contributed by atoms with E-state index >= 15 is 0 Å². The van der Waals surface area contributed by atoms with Gasteiger partial charge in [0.1, 0.15) is 5.82 Å². The van der Waals surface area contributed by atoms with E-state index in [4.69, 9.17) is 16.3 Å². The normalized spacial score (nSPS) is 11.1. The molecule has 1 aromatic carbocycles. The third-order valence-corrected chi connectivity index (χ3v) is 2.61. The molecule has 0 fully saturated rings. The Hall–Kier alpha value is -1.06. The van der Waals surface area contributed by atoms with E-state index in [9.17, 15) is 0 Å². The van der Waals surface area contributed by atoms with Crippen molar-refractivity contribution in [2.24, 2.45) is 0 Å². The van der Waals surface area contributed by atoms with Crippen LogP contribution in [0, 0.1) is 0 Å². The van der Waals surface area contributed by atoms with Crippen molar-refractivity contribution < 1.29 is 4.74 Å². The molecule has 15 heavy (non-hydrogen) atoms. The Bertz CT molecular complexity index is 453. The van der Waals surface area contributed by atoms with Crippen LogP contribution >= 0.6 is 11.6 Å². The van der Waals surface area contributed by atoms with Crippen LogP contribution in [0.4, 0.5) is 0 Å². The standard InChI is InChI=1S/C11H13ClN2O/c1-15-7-6-14-10-5-3-2-4-9(10)13-11(14)8-12/h2-5H,6-8H2,1H3. The summed E-state index contributed by atoms with van der Waals surface area (Å²) >= 11 is 5.86. The van der Waals surface area contributed by atoms with Gasteiger partial charge in [-0.2, -0.15) is 0 Å². The smallest absolute Gasteiger partial charge is 0.124 e. The number of methoxy groups -OCH3 is 1. The second-order valence-corrected chi connectivity index (χ2v) is 3.56. The molecule has 0 aliphatic rings. The van der Waals surface area contributed by atoms with Crippen molar-refractivity contribution in [2.45, 2.75) is 12.4 Å². The van der Waals surface area contributed by atoms with Crippen LogP contribution in [-0.4, -0.2) is 23.3 Å². The molecule has 0 amide bonds. The number of rotatable bonds is 4. The van der Waals surface area contributed by atoms with E-state index in [2.05, 4.69) is 9.55 Å². The van der Waals surface area contributed by atoms with Crippen LogP contribution in [0.2, 0.25) is 0 Å². The molecular formula is C11H13ClN2O. The molecule has 0 unspecified atom stereocenters. The maximum Gasteiger partial charge on any atom is 0.124 e. The van der Waals surface area contributed by atoms with Crippen molar-refractivity contribution in [1.29, 1.82) is 0 Å². The zero-order valence-corrected chi connectivity index (χ0v) is 9.37. The SMILES string of the molecule is COCCn1c(CCl)nc2ccccc21. The monoisotopic (exact) mass is 224 g/mol. The highest BCUT2D eigenvalue weighted by atomic mass is 35.5. The van der Waals surface area contributed by atoms with Gasteiger partial charge in [0.15, 0.2) is 0 Å². The third kappa shape index (κ3) is 1.98. The number of aromatic nitrogens is 2. The lowest BCUT2D eigenvalue weighted by Crippen LogP contribution is -2.07. The Morgan fingerprint density at radius 3 is 2.93 bits per heavy atom. The van der Waals surface area contributed by atoms with Crippen LogP contribution in [0.15, 0.2) is 24.3 Å². The van der Waals surface area contributed by atoms with E-state index < -0.39 is 0 Å². The minimum atomic E-state index is 0.429. The number of benzene rings is 1. The molecule has 0 bridgehead atoms. The van der Waals surface area contributed by atoms with Crippen molar-refractivity contribution in [1.82, 2.24) is 9.55 Å².